The molecule has 0 bridgehead atoms. The van der Waals surface area contributed by atoms with Crippen LogP contribution in [0.5, 0.6) is 0 Å². The number of hydrogen-bond acceptors (Lipinski definition) is 4. The van der Waals surface area contributed by atoms with Crippen LogP contribution in [-0.4, -0.2) is 40.2 Å². The maximum atomic E-state index is 11.7. The summed E-state index contributed by atoms with van der Waals surface area (Å²) in [6.07, 6.45) is 2.98. The number of aliphatic hydroxyl groups excluding tert-OH is 1. The number of hydrogen-bond donors (Lipinski definition) is 2. The summed E-state index contributed by atoms with van der Waals surface area (Å²) in [5, 5.41) is 12.7. The van der Waals surface area contributed by atoms with Gasteiger partial charge >= 0.3 is 6.03 Å². The summed E-state index contributed by atoms with van der Waals surface area (Å²) in [5.41, 5.74) is 0. The Morgan fingerprint density at radius 2 is 2.62 bits per heavy atom. The lowest BCUT2D eigenvalue weighted by Crippen LogP contribution is -2.33. The zero-order chi connectivity index (χ0) is 11.5. The quantitative estimate of drug-likeness (QED) is 0.820. The van der Waals surface area contributed by atoms with Crippen LogP contribution >= 0.6 is 11.3 Å². The van der Waals surface area contributed by atoms with Crippen LogP contribution in [0.1, 0.15) is 18.2 Å². The fraction of sp³-hybridized carbons (Fsp3) is 0.600. The van der Waals surface area contributed by atoms with Crippen LogP contribution in [0.15, 0.2) is 6.20 Å². The monoisotopic (exact) mass is 241 g/mol. The number of anilines is 1. The van der Waals surface area contributed by atoms with Gasteiger partial charge in [0.15, 0.2) is 5.13 Å². The third-order valence-corrected chi connectivity index (χ3v) is 3.62. The average Bonchev–Trinajstić information content (AvgIpc) is 2.87. The zero-order valence-electron chi connectivity index (χ0n) is 9.14. The second-order valence-corrected chi connectivity index (χ2v) is 4.92. The highest BCUT2D eigenvalue weighted by molar-refractivity contribution is 7.15. The molecule has 1 fully saturated rings. The SMILES string of the molecule is CCc1cnc(NC(=O)N2CC[C@@H](O)C2)s1. The summed E-state index contributed by atoms with van der Waals surface area (Å²) in [6.45, 7) is 3.08. The van der Waals surface area contributed by atoms with Gasteiger partial charge in [-0.05, 0) is 12.8 Å². The van der Waals surface area contributed by atoms with Crippen LogP contribution in [0.3, 0.4) is 0 Å². The summed E-state index contributed by atoms with van der Waals surface area (Å²) in [6, 6.07) is -0.173. The molecule has 0 aromatic carbocycles. The molecule has 1 saturated heterocycles. The molecule has 0 radical (unpaired) electrons. The van der Waals surface area contributed by atoms with E-state index in [4.69, 9.17) is 0 Å². The number of carbonyl (C=O) groups is 1. The number of aliphatic hydroxyl groups is 1. The number of carbonyl (C=O) groups excluding carboxylic acids is 1. The van der Waals surface area contributed by atoms with E-state index in [9.17, 15) is 9.90 Å². The maximum Gasteiger partial charge on any atom is 0.323 e. The highest BCUT2D eigenvalue weighted by atomic mass is 32.1. The first-order chi connectivity index (χ1) is 7.69. The van der Waals surface area contributed by atoms with E-state index in [0.29, 0.717) is 24.6 Å². The molecule has 2 heterocycles. The molecule has 0 aliphatic carbocycles. The third kappa shape index (κ3) is 2.51. The second-order valence-electron chi connectivity index (χ2n) is 3.80. The Labute approximate surface area is 98.1 Å². The van der Waals surface area contributed by atoms with Gasteiger partial charge in [-0.25, -0.2) is 9.78 Å². The van der Waals surface area contributed by atoms with Crippen LogP contribution in [0, 0.1) is 0 Å². The smallest absolute Gasteiger partial charge is 0.323 e. The van der Waals surface area contributed by atoms with E-state index < -0.39 is 0 Å². The number of nitrogens with zero attached hydrogens (tertiary/aromatic N) is 2. The molecule has 5 nitrogen and oxygen atoms in total. The number of urea groups is 1. The lowest BCUT2D eigenvalue weighted by Gasteiger charge is -2.14. The maximum absolute atomic E-state index is 11.7. The first kappa shape index (κ1) is 11.3. The van der Waals surface area contributed by atoms with E-state index in [1.54, 1.807) is 11.1 Å². The molecular weight excluding hydrogens is 226 g/mol. The first-order valence-electron chi connectivity index (χ1n) is 5.37. The summed E-state index contributed by atoms with van der Waals surface area (Å²) >= 11 is 1.49. The van der Waals surface area contributed by atoms with Gasteiger partial charge in [-0.3, -0.25) is 5.32 Å². The highest BCUT2D eigenvalue weighted by Crippen LogP contribution is 2.19. The average molecular weight is 241 g/mol. The minimum atomic E-state index is -0.381. The summed E-state index contributed by atoms with van der Waals surface area (Å²) in [7, 11) is 0. The van der Waals surface area contributed by atoms with Crippen molar-refractivity contribution in [2.45, 2.75) is 25.9 Å². The van der Waals surface area contributed by atoms with Gasteiger partial charge in [0.2, 0.25) is 0 Å². The van der Waals surface area contributed by atoms with Gasteiger partial charge in [-0.1, -0.05) is 6.92 Å². The standard InChI is InChI=1S/C10H15N3O2S/c1-2-8-5-11-9(16-8)12-10(15)13-4-3-7(14)6-13/h5,7,14H,2-4,6H2,1H3,(H,11,12,15)/t7-/m1/s1. The van der Waals surface area contributed by atoms with Gasteiger partial charge in [0.05, 0.1) is 6.10 Å². The molecule has 2 N–H and O–H groups in total. The summed E-state index contributed by atoms with van der Waals surface area (Å²) in [4.78, 5) is 18.6. The van der Waals surface area contributed by atoms with Crippen molar-refractivity contribution < 1.29 is 9.90 Å². The van der Waals surface area contributed by atoms with Crippen molar-refractivity contribution in [1.82, 2.24) is 9.88 Å². The zero-order valence-corrected chi connectivity index (χ0v) is 9.96. The number of amides is 2. The van der Waals surface area contributed by atoms with Gasteiger partial charge in [0.1, 0.15) is 0 Å². The van der Waals surface area contributed by atoms with Gasteiger partial charge in [0, 0.05) is 24.2 Å². The molecule has 1 aliphatic heterocycles. The number of nitrogens with one attached hydrogen (secondary N) is 1. The van der Waals surface area contributed by atoms with Crippen molar-refractivity contribution in [1.29, 1.82) is 0 Å². The molecule has 88 valence electrons. The van der Waals surface area contributed by atoms with Crippen molar-refractivity contribution >= 4 is 22.5 Å². The molecule has 1 aromatic heterocycles. The van der Waals surface area contributed by atoms with Crippen molar-refractivity contribution in [3.8, 4) is 0 Å². The van der Waals surface area contributed by atoms with Crippen LogP contribution in [0.4, 0.5) is 9.93 Å². The number of β-amino-alcohol motifs (C(OH)–C–C–N with tert-alkyl or cyclic N) is 1. The minimum Gasteiger partial charge on any atom is -0.391 e. The molecule has 1 aromatic rings. The number of thiazole rings is 1. The van der Waals surface area contributed by atoms with E-state index in [0.717, 1.165) is 11.3 Å². The fourth-order valence-corrected chi connectivity index (χ4v) is 2.37. The molecule has 6 heteroatoms. The summed E-state index contributed by atoms with van der Waals surface area (Å²) in [5.74, 6) is 0. The first-order valence-corrected chi connectivity index (χ1v) is 6.19. The van der Waals surface area contributed by atoms with Crippen LogP contribution in [0.2, 0.25) is 0 Å². The lowest BCUT2D eigenvalue weighted by atomic mass is 10.3. The Kier molecular flexibility index (Phi) is 3.40. The molecule has 16 heavy (non-hydrogen) atoms. The predicted molar refractivity (Wildman–Crippen MR) is 62.7 cm³/mol. The molecule has 1 atom stereocenters. The molecule has 0 spiro atoms. The summed E-state index contributed by atoms with van der Waals surface area (Å²) < 4.78 is 0. The molecule has 2 amide bonds. The Morgan fingerprint density at radius 1 is 1.81 bits per heavy atom. The van der Waals surface area contributed by atoms with Gasteiger partial charge < -0.3 is 10.0 Å². The van der Waals surface area contributed by atoms with Crippen molar-refractivity contribution in [3.05, 3.63) is 11.1 Å². The molecule has 2 rings (SSSR count). The van der Waals surface area contributed by atoms with Gasteiger partial charge in [-0.15, -0.1) is 11.3 Å². The van der Waals surface area contributed by atoms with Crippen LogP contribution in [0.25, 0.3) is 0 Å². The van der Waals surface area contributed by atoms with Gasteiger partial charge in [0.25, 0.3) is 0 Å². The molecule has 0 saturated carbocycles. The third-order valence-electron chi connectivity index (χ3n) is 2.57. The Bertz CT molecular complexity index is 380. The van der Waals surface area contributed by atoms with E-state index in [2.05, 4.69) is 17.2 Å². The van der Waals surface area contributed by atoms with Crippen molar-refractivity contribution in [2.75, 3.05) is 18.4 Å². The van der Waals surface area contributed by atoms with E-state index in [1.165, 1.54) is 11.3 Å². The number of aromatic nitrogens is 1. The molecular formula is C10H15N3O2S. The normalized spacial score (nSPS) is 20.1. The van der Waals surface area contributed by atoms with Crippen molar-refractivity contribution in [3.63, 3.8) is 0 Å². The second kappa shape index (κ2) is 4.80. The molecule has 0 unspecified atom stereocenters. The number of rotatable bonds is 2. The van der Waals surface area contributed by atoms with E-state index >= 15 is 0 Å². The Balaban J connectivity index is 1.91. The van der Waals surface area contributed by atoms with Crippen LogP contribution < -0.4 is 5.32 Å². The van der Waals surface area contributed by atoms with E-state index in [1.807, 2.05) is 0 Å². The number of likely N-dealkylation sites (tertiary alicyclic amines) is 1. The number of aryl methyl sites for hydroxylation is 1. The fourth-order valence-electron chi connectivity index (χ4n) is 1.63. The van der Waals surface area contributed by atoms with E-state index in [-0.39, 0.29) is 12.1 Å². The predicted octanol–water partition coefficient (Wildman–Crippen LogP) is 1.30. The van der Waals surface area contributed by atoms with Crippen molar-refractivity contribution in [2.24, 2.45) is 0 Å². The Morgan fingerprint density at radius 3 is 3.19 bits per heavy atom. The largest absolute Gasteiger partial charge is 0.391 e. The lowest BCUT2D eigenvalue weighted by molar-refractivity contribution is 0.176. The minimum absolute atomic E-state index is 0.173. The highest BCUT2D eigenvalue weighted by Gasteiger charge is 2.24. The molecule has 1 aliphatic rings. The topological polar surface area (TPSA) is 65.5 Å². The van der Waals surface area contributed by atoms with Gasteiger partial charge in [-0.2, -0.15) is 0 Å². The van der Waals surface area contributed by atoms with Crippen LogP contribution in [-0.2, 0) is 6.42 Å². The Hall–Kier alpha value is -1.14.